The Balaban J connectivity index is 0. The number of hydrogen-bond acceptors (Lipinski definition) is 7. The molecule has 0 aliphatic rings. The van der Waals surface area contributed by atoms with Crippen LogP contribution in [0.15, 0.2) is 0 Å². The van der Waals surface area contributed by atoms with Crippen LogP contribution < -0.4 is 5.32 Å². The predicted octanol–water partition coefficient (Wildman–Crippen LogP) is 1.05. The summed E-state index contributed by atoms with van der Waals surface area (Å²) in [6.45, 7) is 11.7. The molecule has 30 heavy (non-hydrogen) atoms. The second-order valence-electron chi connectivity index (χ2n) is 9.53. The Bertz CT molecular complexity index is 312. The lowest BCUT2D eigenvalue weighted by Gasteiger charge is -2.25. The largest absolute Gasteiger partial charge is 0.392 e. The number of nitrogens with one attached hydrogen (secondary N) is 1. The van der Waals surface area contributed by atoms with Gasteiger partial charge < -0.3 is 34.9 Å². The Labute approximate surface area is 189 Å². The fourth-order valence-corrected chi connectivity index (χ4v) is 3.05. The molecular formula is C23H56N6O. The van der Waals surface area contributed by atoms with Crippen molar-refractivity contribution in [2.45, 2.75) is 38.7 Å². The van der Waals surface area contributed by atoms with Crippen LogP contribution in [0.25, 0.3) is 0 Å². The summed E-state index contributed by atoms with van der Waals surface area (Å²) in [6, 6.07) is 0. The van der Waals surface area contributed by atoms with Gasteiger partial charge in [0.2, 0.25) is 0 Å². The van der Waals surface area contributed by atoms with Gasteiger partial charge in [-0.05, 0) is 141 Å². The second kappa shape index (κ2) is 21.9. The third-order valence-corrected chi connectivity index (χ3v) is 4.60. The van der Waals surface area contributed by atoms with Crippen LogP contribution in [0.5, 0.6) is 0 Å². The molecule has 0 spiro atoms. The normalized spacial score (nSPS) is 12.9. The molecule has 0 aliphatic carbocycles. The summed E-state index contributed by atoms with van der Waals surface area (Å²) in [6.07, 6.45) is 4.60. The van der Waals surface area contributed by atoms with Crippen LogP contribution >= 0.6 is 0 Å². The summed E-state index contributed by atoms with van der Waals surface area (Å²) in [7, 11) is 16.9. The lowest BCUT2D eigenvalue weighted by atomic mass is 10.2. The first-order chi connectivity index (χ1) is 14.0. The SMILES string of the molecule is CC(O)CN(CCCN(C)C)CCCN(C)C.CN(C)CCCNCCCN(C)C. The molecule has 0 saturated heterocycles. The van der Waals surface area contributed by atoms with E-state index in [4.69, 9.17) is 0 Å². The molecule has 0 fully saturated rings. The van der Waals surface area contributed by atoms with E-state index in [1.54, 1.807) is 0 Å². The van der Waals surface area contributed by atoms with E-state index in [-0.39, 0.29) is 6.10 Å². The molecular weight excluding hydrogens is 376 g/mol. The van der Waals surface area contributed by atoms with Gasteiger partial charge in [-0.15, -0.1) is 0 Å². The fourth-order valence-electron chi connectivity index (χ4n) is 3.05. The van der Waals surface area contributed by atoms with Crippen molar-refractivity contribution in [1.29, 1.82) is 0 Å². The van der Waals surface area contributed by atoms with Crippen molar-refractivity contribution in [3.8, 4) is 0 Å². The molecule has 0 bridgehead atoms. The Hall–Kier alpha value is -0.280. The minimum atomic E-state index is -0.228. The standard InChI is InChI=1S/C13H31N3O.C10H25N3/c1-13(17)12-16(10-6-8-14(2)3)11-7-9-15(4)5;1-12(2)9-5-7-11-8-6-10-13(3)4/h13,17H,6-12H2,1-5H3;11H,5-10H2,1-4H3. The molecule has 0 aromatic heterocycles. The van der Waals surface area contributed by atoms with Crippen molar-refractivity contribution in [2.75, 3.05) is 115 Å². The zero-order chi connectivity index (χ0) is 23.4. The van der Waals surface area contributed by atoms with E-state index in [0.717, 1.165) is 45.8 Å². The van der Waals surface area contributed by atoms with E-state index in [1.165, 1.54) is 38.8 Å². The molecule has 0 aromatic rings. The maximum atomic E-state index is 9.48. The lowest BCUT2D eigenvalue weighted by molar-refractivity contribution is 0.121. The number of aliphatic hydroxyl groups is 1. The van der Waals surface area contributed by atoms with Crippen LogP contribution in [-0.4, -0.2) is 151 Å². The molecule has 0 aliphatic heterocycles. The summed E-state index contributed by atoms with van der Waals surface area (Å²) < 4.78 is 0. The maximum absolute atomic E-state index is 9.48. The molecule has 2 N–H and O–H groups in total. The van der Waals surface area contributed by atoms with Crippen molar-refractivity contribution < 1.29 is 5.11 Å². The summed E-state index contributed by atoms with van der Waals surface area (Å²) in [5.74, 6) is 0. The van der Waals surface area contributed by atoms with Gasteiger partial charge in [-0.1, -0.05) is 0 Å². The van der Waals surface area contributed by atoms with Crippen LogP contribution in [0.1, 0.15) is 32.6 Å². The highest BCUT2D eigenvalue weighted by Gasteiger charge is 2.08. The van der Waals surface area contributed by atoms with E-state index in [2.05, 4.69) is 86.2 Å². The van der Waals surface area contributed by atoms with Gasteiger partial charge in [0.05, 0.1) is 6.10 Å². The fraction of sp³-hybridized carbons (Fsp3) is 1.00. The minimum Gasteiger partial charge on any atom is -0.392 e. The molecule has 0 heterocycles. The van der Waals surface area contributed by atoms with Gasteiger partial charge in [0.1, 0.15) is 0 Å². The zero-order valence-electron chi connectivity index (χ0n) is 22.0. The van der Waals surface area contributed by atoms with E-state index in [0.29, 0.717) is 0 Å². The van der Waals surface area contributed by atoms with Crippen LogP contribution in [0.4, 0.5) is 0 Å². The first kappa shape index (κ1) is 31.9. The highest BCUT2D eigenvalue weighted by atomic mass is 16.3. The molecule has 0 aromatic carbocycles. The third-order valence-electron chi connectivity index (χ3n) is 4.60. The molecule has 0 amide bonds. The molecule has 0 rings (SSSR count). The smallest absolute Gasteiger partial charge is 0.0639 e. The van der Waals surface area contributed by atoms with E-state index in [1.807, 2.05) is 6.92 Å². The molecule has 184 valence electrons. The summed E-state index contributed by atoms with van der Waals surface area (Å²) in [5, 5.41) is 12.9. The van der Waals surface area contributed by atoms with Crippen LogP contribution in [0, 0.1) is 0 Å². The highest BCUT2D eigenvalue weighted by molar-refractivity contribution is 4.63. The first-order valence-corrected chi connectivity index (χ1v) is 11.7. The third kappa shape index (κ3) is 29.9. The van der Waals surface area contributed by atoms with E-state index < -0.39 is 0 Å². The lowest BCUT2D eigenvalue weighted by Crippen LogP contribution is -2.35. The zero-order valence-corrected chi connectivity index (χ0v) is 22.0. The van der Waals surface area contributed by atoms with Crippen LogP contribution in [-0.2, 0) is 0 Å². The summed E-state index contributed by atoms with van der Waals surface area (Å²) >= 11 is 0. The number of hydrogen-bond donors (Lipinski definition) is 2. The molecule has 0 saturated carbocycles. The van der Waals surface area contributed by atoms with Crippen LogP contribution in [0.2, 0.25) is 0 Å². The maximum Gasteiger partial charge on any atom is 0.0639 e. The molecule has 0 radical (unpaired) electrons. The number of rotatable bonds is 18. The van der Waals surface area contributed by atoms with Gasteiger partial charge in [-0.3, -0.25) is 0 Å². The van der Waals surface area contributed by atoms with Gasteiger partial charge in [-0.25, -0.2) is 0 Å². The Morgan fingerprint density at radius 3 is 1.20 bits per heavy atom. The average Bonchev–Trinajstić information content (AvgIpc) is 2.59. The van der Waals surface area contributed by atoms with Gasteiger partial charge >= 0.3 is 0 Å². The second-order valence-corrected chi connectivity index (χ2v) is 9.53. The monoisotopic (exact) mass is 432 g/mol. The van der Waals surface area contributed by atoms with Crippen molar-refractivity contribution in [1.82, 2.24) is 29.8 Å². The number of nitrogens with zero attached hydrogens (tertiary/aromatic N) is 5. The molecule has 1 unspecified atom stereocenters. The Morgan fingerprint density at radius 2 is 0.900 bits per heavy atom. The Morgan fingerprint density at radius 1 is 0.567 bits per heavy atom. The van der Waals surface area contributed by atoms with Gasteiger partial charge in [0.15, 0.2) is 0 Å². The van der Waals surface area contributed by atoms with E-state index in [9.17, 15) is 5.11 Å². The highest BCUT2D eigenvalue weighted by Crippen LogP contribution is 1.98. The van der Waals surface area contributed by atoms with Crippen molar-refractivity contribution in [3.63, 3.8) is 0 Å². The average molecular weight is 433 g/mol. The van der Waals surface area contributed by atoms with E-state index >= 15 is 0 Å². The quantitative estimate of drug-likeness (QED) is 0.314. The predicted molar refractivity (Wildman–Crippen MR) is 134 cm³/mol. The summed E-state index contributed by atoms with van der Waals surface area (Å²) in [4.78, 5) is 11.2. The Kier molecular flexibility index (Phi) is 23.3. The minimum absolute atomic E-state index is 0.228. The first-order valence-electron chi connectivity index (χ1n) is 11.7. The van der Waals surface area contributed by atoms with Gasteiger partial charge in [0, 0.05) is 6.54 Å². The topological polar surface area (TPSA) is 48.5 Å². The van der Waals surface area contributed by atoms with Crippen LogP contribution in [0.3, 0.4) is 0 Å². The van der Waals surface area contributed by atoms with Gasteiger partial charge in [0.25, 0.3) is 0 Å². The molecule has 7 heteroatoms. The van der Waals surface area contributed by atoms with Crippen molar-refractivity contribution >= 4 is 0 Å². The van der Waals surface area contributed by atoms with Gasteiger partial charge in [-0.2, -0.15) is 0 Å². The summed E-state index contributed by atoms with van der Waals surface area (Å²) in [5.41, 5.74) is 0. The molecule has 7 nitrogen and oxygen atoms in total. The van der Waals surface area contributed by atoms with Crippen molar-refractivity contribution in [3.05, 3.63) is 0 Å². The van der Waals surface area contributed by atoms with Crippen molar-refractivity contribution in [2.24, 2.45) is 0 Å². The number of aliphatic hydroxyl groups excluding tert-OH is 1. The molecule has 1 atom stereocenters.